The molecule has 0 saturated carbocycles. The van der Waals surface area contributed by atoms with Crippen LogP contribution in [0.15, 0.2) is 48.5 Å². The van der Waals surface area contributed by atoms with Crippen LogP contribution in [0.2, 0.25) is 0 Å². The van der Waals surface area contributed by atoms with Gasteiger partial charge in [0.25, 0.3) is 0 Å². The standard InChI is InChI=1S/C18H20ClFO2/c1-2-6-16(19)17(20)12-22-14-9-10-18(21)15(11-14)13-7-4-3-5-8-13/h3-5,7-11,16-17,21H,2,6,12H2,1H3. The molecule has 0 radical (unpaired) electrons. The van der Waals surface area contributed by atoms with Gasteiger partial charge in [-0.15, -0.1) is 11.6 Å². The first-order chi connectivity index (χ1) is 10.6. The van der Waals surface area contributed by atoms with Crippen molar-refractivity contribution in [3.05, 3.63) is 48.5 Å². The van der Waals surface area contributed by atoms with Crippen LogP contribution >= 0.6 is 11.6 Å². The van der Waals surface area contributed by atoms with E-state index in [-0.39, 0.29) is 12.4 Å². The zero-order valence-corrected chi connectivity index (χ0v) is 13.3. The Morgan fingerprint density at radius 1 is 1.18 bits per heavy atom. The van der Waals surface area contributed by atoms with Gasteiger partial charge in [-0.05, 0) is 30.2 Å². The van der Waals surface area contributed by atoms with Crippen LogP contribution < -0.4 is 4.74 Å². The molecule has 0 bridgehead atoms. The molecule has 0 heterocycles. The molecule has 0 fully saturated rings. The highest BCUT2D eigenvalue weighted by Gasteiger charge is 2.18. The second kappa shape index (κ2) is 8.04. The topological polar surface area (TPSA) is 29.5 Å². The molecule has 0 aliphatic heterocycles. The van der Waals surface area contributed by atoms with Crippen molar-refractivity contribution in [3.63, 3.8) is 0 Å². The number of rotatable bonds is 7. The van der Waals surface area contributed by atoms with Gasteiger partial charge in [0.2, 0.25) is 0 Å². The van der Waals surface area contributed by atoms with Gasteiger partial charge in [-0.3, -0.25) is 0 Å². The minimum Gasteiger partial charge on any atom is -0.507 e. The van der Waals surface area contributed by atoms with E-state index in [2.05, 4.69) is 0 Å². The Labute approximate surface area is 135 Å². The fourth-order valence-electron chi connectivity index (χ4n) is 2.19. The summed E-state index contributed by atoms with van der Waals surface area (Å²) < 4.78 is 19.3. The van der Waals surface area contributed by atoms with Crippen molar-refractivity contribution in [2.75, 3.05) is 6.61 Å². The molecule has 0 aromatic heterocycles. The Morgan fingerprint density at radius 2 is 1.91 bits per heavy atom. The summed E-state index contributed by atoms with van der Waals surface area (Å²) in [5.41, 5.74) is 1.54. The van der Waals surface area contributed by atoms with Crippen LogP contribution in [-0.2, 0) is 0 Å². The minimum atomic E-state index is -1.21. The van der Waals surface area contributed by atoms with Crippen LogP contribution in [0.3, 0.4) is 0 Å². The maximum atomic E-state index is 13.9. The normalized spacial score (nSPS) is 13.6. The van der Waals surface area contributed by atoms with Gasteiger partial charge in [-0.2, -0.15) is 0 Å². The summed E-state index contributed by atoms with van der Waals surface area (Å²) in [5.74, 6) is 0.677. The zero-order chi connectivity index (χ0) is 15.9. The Hall–Kier alpha value is -1.74. The molecule has 2 nitrogen and oxygen atoms in total. The molecule has 0 aliphatic rings. The van der Waals surface area contributed by atoms with Gasteiger partial charge < -0.3 is 9.84 Å². The molecule has 0 aliphatic carbocycles. The molecule has 2 unspecified atom stereocenters. The van der Waals surface area contributed by atoms with E-state index < -0.39 is 11.5 Å². The third-order valence-electron chi connectivity index (χ3n) is 3.42. The molecule has 1 N–H and O–H groups in total. The maximum Gasteiger partial charge on any atom is 0.150 e. The molecule has 0 spiro atoms. The highest BCUT2D eigenvalue weighted by molar-refractivity contribution is 6.21. The lowest BCUT2D eigenvalue weighted by Crippen LogP contribution is -2.23. The van der Waals surface area contributed by atoms with E-state index in [0.29, 0.717) is 17.7 Å². The first-order valence-electron chi connectivity index (χ1n) is 7.41. The van der Waals surface area contributed by atoms with E-state index in [9.17, 15) is 9.50 Å². The number of phenolic OH excluding ortho intramolecular Hbond substituents is 1. The number of benzene rings is 2. The third kappa shape index (κ3) is 4.38. The van der Waals surface area contributed by atoms with Crippen molar-refractivity contribution in [1.29, 1.82) is 0 Å². The van der Waals surface area contributed by atoms with E-state index in [1.165, 1.54) is 0 Å². The zero-order valence-electron chi connectivity index (χ0n) is 12.5. The fraction of sp³-hybridized carbons (Fsp3) is 0.333. The Kier molecular flexibility index (Phi) is 6.08. The maximum absolute atomic E-state index is 13.9. The number of aromatic hydroxyl groups is 1. The number of phenols is 1. The molecule has 118 valence electrons. The lowest BCUT2D eigenvalue weighted by Gasteiger charge is -2.15. The largest absolute Gasteiger partial charge is 0.507 e. The summed E-state index contributed by atoms with van der Waals surface area (Å²) in [6.45, 7) is 1.88. The summed E-state index contributed by atoms with van der Waals surface area (Å²) in [4.78, 5) is 0. The van der Waals surface area contributed by atoms with Crippen LogP contribution in [0.5, 0.6) is 11.5 Å². The quantitative estimate of drug-likeness (QED) is 0.711. The molecule has 2 atom stereocenters. The number of ether oxygens (including phenoxy) is 1. The van der Waals surface area contributed by atoms with Gasteiger partial charge in [0.1, 0.15) is 18.1 Å². The van der Waals surface area contributed by atoms with Crippen molar-refractivity contribution >= 4 is 11.6 Å². The minimum absolute atomic E-state index is 0.0901. The summed E-state index contributed by atoms with van der Waals surface area (Å²) >= 11 is 5.96. The second-order valence-electron chi connectivity index (χ2n) is 5.18. The summed E-state index contributed by atoms with van der Waals surface area (Å²) in [5, 5.41) is 9.44. The lowest BCUT2D eigenvalue weighted by atomic mass is 10.0. The van der Waals surface area contributed by atoms with Crippen LogP contribution in [-0.4, -0.2) is 23.3 Å². The van der Waals surface area contributed by atoms with E-state index >= 15 is 0 Å². The van der Waals surface area contributed by atoms with Crippen LogP contribution in [0, 0.1) is 0 Å². The number of halogens is 2. The molecule has 0 amide bonds. The molecule has 22 heavy (non-hydrogen) atoms. The first kappa shape index (κ1) is 16.6. The molecule has 2 aromatic carbocycles. The van der Waals surface area contributed by atoms with E-state index in [0.717, 1.165) is 12.0 Å². The number of hydrogen-bond acceptors (Lipinski definition) is 2. The average molecular weight is 323 g/mol. The van der Waals surface area contributed by atoms with Gasteiger partial charge in [0, 0.05) is 5.56 Å². The Bertz CT molecular complexity index is 589. The molecule has 0 saturated heterocycles. The van der Waals surface area contributed by atoms with Gasteiger partial charge >= 0.3 is 0 Å². The Morgan fingerprint density at radius 3 is 2.59 bits per heavy atom. The molecule has 4 heteroatoms. The van der Waals surface area contributed by atoms with Crippen molar-refractivity contribution < 1.29 is 14.2 Å². The molecule has 2 rings (SSSR count). The monoisotopic (exact) mass is 322 g/mol. The highest BCUT2D eigenvalue weighted by atomic mass is 35.5. The van der Waals surface area contributed by atoms with Crippen LogP contribution in [0.25, 0.3) is 11.1 Å². The fourth-order valence-corrected chi connectivity index (χ4v) is 2.48. The number of hydrogen-bond donors (Lipinski definition) is 1. The summed E-state index contributed by atoms with van der Waals surface area (Å²) in [7, 11) is 0. The lowest BCUT2D eigenvalue weighted by molar-refractivity contribution is 0.187. The van der Waals surface area contributed by atoms with E-state index in [1.54, 1.807) is 18.2 Å². The molecular weight excluding hydrogens is 303 g/mol. The first-order valence-corrected chi connectivity index (χ1v) is 7.84. The second-order valence-corrected chi connectivity index (χ2v) is 5.74. The Balaban J connectivity index is 2.07. The van der Waals surface area contributed by atoms with Crippen molar-refractivity contribution in [2.24, 2.45) is 0 Å². The van der Waals surface area contributed by atoms with Crippen molar-refractivity contribution in [1.82, 2.24) is 0 Å². The SMILES string of the molecule is CCCC(Cl)C(F)COc1ccc(O)c(-c2ccccc2)c1. The van der Waals surface area contributed by atoms with Gasteiger partial charge in [-0.1, -0.05) is 43.7 Å². The highest BCUT2D eigenvalue weighted by Crippen LogP contribution is 2.32. The summed E-state index contributed by atoms with van der Waals surface area (Å²) in [6, 6.07) is 14.4. The molecule has 2 aromatic rings. The number of alkyl halides is 2. The summed E-state index contributed by atoms with van der Waals surface area (Å²) in [6.07, 6.45) is 0.249. The van der Waals surface area contributed by atoms with Gasteiger partial charge in [0.15, 0.2) is 6.17 Å². The molecular formula is C18H20ClFO2. The predicted octanol–water partition coefficient (Wildman–Crippen LogP) is 5.18. The van der Waals surface area contributed by atoms with E-state index in [4.69, 9.17) is 16.3 Å². The van der Waals surface area contributed by atoms with Gasteiger partial charge in [-0.25, -0.2) is 4.39 Å². The van der Waals surface area contributed by atoms with Crippen LogP contribution in [0.4, 0.5) is 4.39 Å². The average Bonchev–Trinajstić information content (AvgIpc) is 2.54. The predicted molar refractivity (Wildman–Crippen MR) is 88.5 cm³/mol. The van der Waals surface area contributed by atoms with Gasteiger partial charge in [0.05, 0.1) is 5.38 Å². The van der Waals surface area contributed by atoms with Crippen molar-refractivity contribution in [3.8, 4) is 22.6 Å². The van der Waals surface area contributed by atoms with Crippen molar-refractivity contribution in [2.45, 2.75) is 31.3 Å². The smallest absolute Gasteiger partial charge is 0.150 e. The van der Waals surface area contributed by atoms with Crippen LogP contribution in [0.1, 0.15) is 19.8 Å². The van der Waals surface area contributed by atoms with E-state index in [1.807, 2.05) is 37.3 Å². The third-order valence-corrected chi connectivity index (χ3v) is 3.91.